The van der Waals surface area contributed by atoms with E-state index in [2.05, 4.69) is 31.9 Å². The number of nitrogens with zero attached hydrogens (tertiary/aromatic N) is 3. The minimum absolute atomic E-state index is 0.0515. The number of carbonyl (C=O) groups is 2. The molecule has 8 nitrogen and oxygen atoms in total. The summed E-state index contributed by atoms with van der Waals surface area (Å²) in [5.41, 5.74) is 3.95. The van der Waals surface area contributed by atoms with Crippen LogP contribution in [0.5, 0.6) is 0 Å². The molecule has 0 atom stereocenters. The van der Waals surface area contributed by atoms with Crippen molar-refractivity contribution in [2.24, 2.45) is 0 Å². The zero-order chi connectivity index (χ0) is 23.5. The Morgan fingerprint density at radius 2 is 1.94 bits per heavy atom. The average molecular weight is 475 g/mol. The van der Waals surface area contributed by atoms with Gasteiger partial charge in [-0.1, -0.05) is 54.9 Å². The highest BCUT2D eigenvalue weighted by Crippen LogP contribution is 2.32. The Bertz CT molecular complexity index is 1340. The summed E-state index contributed by atoms with van der Waals surface area (Å²) >= 11 is 1.25. The van der Waals surface area contributed by atoms with Gasteiger partial charge in [0, 0.05) is 34.4 Å². The van der Waals surface area contributed by atoms with Gasteiger partial charge in [0.15, 0.2) is 11.0 Å². The van der Waals surface area contributed by atoms with Crippen LogP contribution < -0.4 is 10.6 Å². The van der Waals surface area contributed by atoms with Crippen molar-refractivity contribution >= 4 is 34.6 Å². The highest BCUT2D eigenvalue weighted by Gasteiger charge is 2.21. The van der Waals surface area contributed by atoms with Crippen molar-refractivity contribution in [3.8, 4) is 17.1 Å². The monoisotopic (exact) mass is 474 g/mol. The number of H-pyrrole nitrogens is 1. The number of para-hydroxylation sites is 1. The molecule has 0 saturated heterocycles. The summed E-state index contributed by atoms with van der Waals surface area (Å²) in [5, 5.41) is 15.8. The van der Waals surface area contributed by atoms with Gasteiger partial charge in [-0.25, -0.2) is 4.79 Å². The lowest BCUT2D eigenvalue weighted by Gasteiger charge is -2.12. The van der Waals surface area contributed by atoms with Crippen LogP contribution in [-0.2, 0) is 4.79 Å². The highest BCUT2D eigenvalue weighted by atomic mass is 32.2. The number of hydrogen-bond donors (Lipinski definition) is 3. The van der Waals surface area contributed by atoms with Crippen molar-refractivity contribution in [2.75, 3.05) is 5.75 Å². The van der Waals surface area contributed by atoms with E-state index in [-0.39, 0.29) is 17.7 Å². The fourth-order valence-corrected chi connectivity index (χ4v) is 5.13. The third kappa shape index (κ3) is 4.70. The first-order valence-electron chi connectivity index (χ1n) is 11.4. The average Bonchev–Trinajstić information content (AvgIpc) is 3.57. The second kappa shape index (κ2) is 9.72. The predicted molar refractivity (Wildman–Crippen MR) is 133 cm³/mol. The van der Waals surface area contributed by atoms with Crippen molar-refractivity contribution in [3.05, 3.63) is 60.3 Å². The van der Waals surface area contributed by atoms with Crippen LogP contribution in [0, 0.1) is 6.92 Å². The lowest BCUT2D eigenvalue weighted by atomic mass is 10.1. The molecule has 4 aromatic rings. The minimum atomic E-state index is -0.433. The quantitative estimate of drug-likeness (QED) is 0.355. The number of carbonyl (C=O) groups excluding carboxylic acids is 2. The number of amides is 3. The van der Waals surface area contributed by atoms with Crippen LogP contribution in [0.2, 0.25) is 0 Å². The summed E-state index contributed by atoms with van der Waals surface area (Å²) in [5.74, 6) is 0.369. The van der Waals surface area contributed by atoms with E-state index in [0.717, 1.165) is 53.4 Å². The van der Waals surface area contributed by atoms with Gasteiger partial charge in [0.25, 0.3) is 0 Å². The SMILES string of the molecule is Cc1cccc(-n2c(SCC(=O)NC(=O)NC3CCCC3)nnc2-c2c[nH]c3ccccc23)c1. The molecule has 0 aliphatic heterocycles. The molecule has 174 valence electrons. The summed E-state index contributed by atoms with van der Waals surface area (Å²) in [6, 6.07) is 15.8. The third-order valence-electron chi connectivity index (χ3n) is 6.00. The first-order chi connectivity index (χ1) is 16.6. The van der Waals surface area contributed by atoms with Gasteiger partial charge in [-0.3, -0.25) is 14.7 Å². The van der Waals surface area contributed by atoms with Crippen molar-refractivity contribution in [3.63, 3.8) is 0 Å². The van der Waals surface area contributed by atoms with E-state index >= 15 is 0 Å². The number of benzene rings is 2. The van der Waals surface area contributed by atoms with Crippen molar-refractivity contribution < 1.29 is 9.59 Å². The third-order valence-corrected chi connectivity index (χ3v) is 6.93. The standard InChI is InChI=1S/C25H26N6O2S/c1-16-7-6-10-18(13-16)31-23(20-14-26-21-12-5-4-11-19(20)21)29-30-25(31)34-15-22(32)28-24(33)27-17-8-2-3-9-17/h4-7,10-14,17,26H,2-3,8-9,15H2,1H3,(H2,27,28,32,33). The largest absolute Gasteiger partial charge is 0.360 e. The Labute approximate surface area is 201 Å². The fourth-order valence-electron chi connectivity index (χ4n) is 4.38. The van der Waals surface area contributed by atoms with Crippen molar-refractivity contribution in [2.45, 2.75) is 43.8 Å². The molecule has 2 aromatic carbocycles. The summed E-state index contributed by atoms with van der Waals surface area (Å²) in [6.07, 6.45) is 6.08. The zero-order valence-corrected chi connectivity index (χ0v) is 19.7. The number of aromatic nitrogens is 4. The van der Waals surface area contributed by atoms with E-state index in [4.69, 9.17) is 0 Å². The number of rotatable bonds is 6. The van der Waals surface area contributed by atoms with Crippen LogP contribution in [0.3, 0.4) is 0 Å². The van der Waals surface area contributed by atoms with Gasteiger partial charge in [0.05, 0.1) is 5.75 Å². The maximum atomic E-state index is 12.5. The van der Waals surface area contributed by atoms with E-state index in [1.807, 2.05) is 60.2 Å². The predicted octanol–water partition coefficient (Wildman–Crippen LogP) is 4.58. The Morgan fingerprint density at radius 3 is 2.76 bits per heavy atom. The molecule has 0 spiro atoms. The fraction of sp³-hybridized carbons (Fsp3) is 0.280. The molecule has 0 unspecified atom stereocenters. The number of aryl methyl sites for hydroxylation is 1. The number of nitrogens with one attached hydrogen (secondary N) is 3. The number of fused-ring (bicyclic) bond motifs is 1. The molecule has 9 heteroatoms. The van der Waals surface area contributed by atoms with E-state index in [1.165, 1.54) is 11.8 Å². The van der Waals surface area contributed by atoms with Gasteiger partial charge in [0.1, 0.15) is 0 Å². The lowest BCUT2D eigenvalue weighted by Crippen LogP contribution is -2.44. The molecular weight excluding hydrogens is 448 g/mol. The Kier molecular flexibility index (Phi) is 6.35. The summed E-state index contributed by atoms with van der Waals surface area (Å²) in [4.78, 5) is 27.9. The second-order valence-corrected chi connectivity index (χ2v) is 9.46. The zero-order valence-electron chi connectivity index (χ0n) is 18.9. The molecule has 34 heavy (non-hydrogen) atoms. The van der Waals surface area contributed by atoms with Crippen LogP contribution in [-0.4, -0.2) is 43.5 Å². The second-order valence-electron chi connectivity index (χ2n) is 8.52. The van der Waals surface area contributed by atoms with E-state index in [9.17, 15) is 9.59 Å². The molecule has 1 aliphatic rings. The topological polar surface area (TPSA) is 105 Å². The molecule has 0 bridgehead atoms. The molecular formula is C25H26N6O2S. The van der Waals surface area contributed by atoms with Crippen molar-refractivity contribution in [1.29, 1.82) is 0 Å². The molecule has 1 aliphatic carbocycles. The number of hydrogen-bond acceptors (Lipinski definition) is 5. The maximum Gasteiger partial charge on any atom is 0.321 e. The normalized spacial score (nSPS) is 13.9. The van der Waals surface area contributed by atoms with Gasteiger partial charge >= 0.3 is 6.03 Å². The summed E-state index contributed by atoms with van der Waals surface area (Å²) < 4.78 is 1.96. The van der Waals surface area contributed by atoms with E-state index in [1.54, 1.807) is 0 Å². The highest BCUT2D eigenvalue weighted by molar-refractivity contribution is 7.99. The van der Waals surface area contributed by atoms with Gasteiger partial charge in [0.2, 0.25) is 5.91 Å². The smallest absolute Gasteiger partial charge is 0.321 e. The molecule has 1 saturated carbocycles. The number of aromatic amines is 1. The van der Waals surface area contributed by atoms with E-state index < -0.39 is 6.03 Å². The number of imide groups is 1. The summed E-state index contributed by atoms with van der Waals surface area (Å²) in [6.45, 7) is 2.03. The van der Waals surface area contributed by atoms with Crippen LogP contribution in [0.1, 0.15) is 31.2 Å². The first-order valence-corrected chi connectivity index (χ1v) is 12.4. The molecule has 2 aromatic heterocycles. The summed E-state index contributed by atoms with van der Waals surface area (Å²) in [7, 11) is 0. The Morgan fingerprint density at radius 1 is 1.12 bits per heavy atom. The van der Waals surface area contributed by atoms with Gasteiger partial charge < -0.3 is 10.3 Å². The first kappa shape index (κ1) is 22.2. The van der Waals surface area contributed by atoms with Crippen LogP contribution >= 0.6 is 11.8 Å². The lowest BCUT2D eigenvalue weighted by molar-refractivity contribution is -0.117. The van der Waals surface area contributed by atoms with Crippen LogP contribution in [0.4, 0.5) is 4.79 Å². The molecule has 1 fully saturated rings. The Balaban J connectivity index is 1.39. The molecule has 3 amide bonds. The number of thioether (sulfide) groups is 1. The Hall–Kier alpha value is -3.59. The molecule has 0 radical (unpaired) electrons. The molecule has 3 N–H and O–H groups in total. The van der Waals surface area contributed by atoms with Gasteiger partial charge in [-0.15, -0.1) is 10.2 Å². The van der Waals surface area contributed by atoms with Crippen LogP contribution in [0.25, 0.3) is 28.0 Å². The molecule has 5 rings (SSSR count). The van der Waals surface area contributed by atoms with Crippen LogP contribution in [0.15, 0.2) is 59.9 Å². The van der Waals surface area contributed by atoms with E-state index in [0.29, 0.717) is 11.0 Å². The maximum absolute atomic E-state index is 12.5. The minimum Gasteiger partial charge on any atom is -0.360 e. The number of urea groups is 1. The van der Waals surface area contributed by atoms with Gasteiger partial charge in [-0.2, -0.15) is 0 Å². The van der Waals surface area contributed by atoms with Gasteiger partial charge in [-0.05, 0) is 43.5 Å². The molecule has 2 heterocycles. The van der Waals surface area contributed by atoms with Crippen molar-refractivity contribution in [1.82, 2.24) is 30.4 Å².